The Morgan fingerprint density at radius 2 is 2.07 bits per heavy atom. The quantitative estimate of drug-likeness (QED) is 0.707. The number of nitrogens with one attached hydrogen (secondary N) is 2. The molecule has 4 heterocycles. The van der Waals surface area contributed by atoms with E-state index in [9.17, 15) is 4.79 Å². The van der Waals surface area contributed by atoms with E-state index in [1.807, 2.05) is 17.7 Å². The summed E-state index contributed by atoms with van der Waals surface area (Å²) in [6.45, 7) is 3.97. The normalized spacial score (nSPS) is 19.4. The second-order valence-corrected chi connectivity index (χ2v) is 7.67. The lowest BCUT2D eigenvalue weighted by Crippen LogP contribution is -2.52. The summed E-state index contributed by atoms with van der Waals surface area (Å²) < 4.78 is 1.86. The molecule has 2 N–H and O–H groups in total. The number of hydrogen-bond donors (Lipinski definition) is 2. The van der Waals surface area contributed by atoms with Gasteiger partial charge in [-0.25, -0.2) is 9.97 Å². The van der Waals surface area contributed by atoms with E-state index in [1.165, 1.54) is 12.8 Å². The second-order valence-electron chi connectivity index (χ2n) is 7.67. The van der Waals surface area contributed by atoms with Crippen LogP contribution in [0.4, 0.5) is 11.5 Å². The molecule has 0 saturated heterocycles. The first kappa shape index (κ1) is 17.8. The van der Waals surface area contributed by atoms with Gasteiger partial charge in [-0.15, -0.1) is 0 Å². The first-order valence-electron chi connectivity index (χ1n) is 10.2. The molecule has 150 valence electrons. The Balaban J connectivity index is 1.65. The summed E-state index contributed by atoms with van der Waals surface area (Å²) in [5.41, 5.74) is 2.34. The van der Waals surface area contributed by atoms with Crippen LogP contribution in [0.3, 0.4) is 0 Å². The van der Waals surface area contributed by atoms with Gasteiger partial charge in [0.1, 0.15) is 17.6 Å². The third-order valence-corrected chi connectivity index (χ3v) is 5.91. The molecule has 9 nitrogen and oxygen atoms in total. The fourth-order valence-corrected chi connectivity index (χ4v) is 4.51. The van der Waals surface area contributed by atoms with E-state index in [4.69, 9.17) is 4.98 Å². The van der Waals surface area contributed by atoms with Crippen molar-refractivity contribution in [1.82, 2.24) is 29.7 Å². The number of aromatic amines is 1. The third kappa shape index (κ3) is 2.88. The van der Waals surface area contributed by atoms with Crippen LogP contribution in [0.15, 0.2) is 24.8 Å². The zero-order valence-electron chi connectivity index (χ0n) is 16.6. The molecule has 0 spiro atoms. The fraction of sp³-hybridized carbons (Fsp3) is 0.450. The topological polar surface area (TPSA) is 105 Å². The van der Waals surface area contributed by atoms with Crippen LogP contribution in [0.2, 0.25) is 0 Å². The Morgan fingerprint density at radius 3 is 2.79 bits per heavy atom. The average Bonchev–Trinajstić information content (AvgIpc) is 3.49. The number of rotatable bonds is 4. The number of amides is 1. The Kier molecular flexibility index (Phi) is 4.30. The lowest BCUT2D eigenvalue weighted by atomic mass is 10.0. The maximum Gasteiger partial charge on any atom is 0.247 e. The zero-order valence-corrected chi connectivity index (χ0v) is 16.6. The monoisotopic (exact) mass is 392 g/mol. The van der Waals surface area contributed by atoms with Gasteiger partial charge in [0, 0.05) is 24.6 Å². The van der Waals surface area contributed by atoms with E-state index in [0.29, 0.717) is 12.0 Å². The van der Waals surface area contributed by atoms with Crippen LogP contribution in [0, 0.1) is 6.92 Å². The molecule has 1 aliphatic carbocycles. The summed E-state index contributed by atoms with van der Waals surface area (Å²) in [7, 11) is 0. The number of carbonyl (C=O) groups is 1. The van der Waals surface area contributed by atoms with E-state index >= 15 is 0 Å². The molecule has 3 aromatic heterocycles. The van der Waals surface area contributed by atoms with Gasteiger partial charge < -0.3 is 10.2 Å². The van der Waals surface area contributed by atoms with Crippen LogP contribution in [0.1, 0.15) is 44.7 Å². The highest BCUT2D eigenvalue weighted by molar-refractivity contribution is 6.03. The van der Waals surface area contributed by atoms with Crippen molar-refractivity contribution in [3.63, 3.8) is 0 Å². The lowest BCUT2D eigenvalue weighted by Gasteiger charge is -2.41. The van der Waals surface area contributed by atoms with Crippen molar-refractivity contribution < 1.29 is 4.79 Å². The summed E-state index contributed by atoms with van der Waals surface area (Å²) in [6.07, 6.45) is 12.4. The number of H-pyrrole nitrogens is 1. The predicted octanol–water partition coefficient (Wildman–Crippen LogP) is 2.84. The summed E-state index contributed by atoms with van der Waals surface area (Å²) in [6, 6.07) is 0.131. The van der Waals surface area contributed by atoms with Gasteiger partial charge >= 0.3 is 0 Å². The summed E-state index contributed by atoms with van der Waals surface area (Å²) in [5, 5.41) is 9.89. The molecule has 1 saturated carbocycles. The molecule has 29 heavy (non-hydrogen) atoms. The van der Waals surface area contributed by atoms with Crippen LogP contribution >= 0.6 is 0 Å². The Labute approximate surface area is 168 Å². The standard InChI is InChI=1S/C20H24N8O/c1-3-15-19(29)25-16-12(2)24-20(26-18(16)28(15)14-6-4-5-7-14)27-9-8-21-17(27)13-10-22-23-11-13/h8-11,14-15H,3-7H2,1-2H3,(H,22,23)(H,25,29)/t15-/m1/s1. The molecule has 3 aromatic rings. The third-order valence-electron chi connectivity index (χ3n) is 5.91. The fourth-order valence-electron chi connectivity index (χ4n) is 4.51. The molecule has 0 bridgehead atoms. The van der Waals surface area contributed by atoms with E-state index in [2.05, 4.69) is 37.3 Å². The van der Waals surface area contributed by atoms with Crippen molar-refractivity contribution >= 4 is 17.4 Å². The van der Waals surface area contributed by atoms with Crippen LogP contribution < -0.4 is 10.2 Å². The van der Waals surface area contributed by atoms with Crippen molar-refractivity contribution in [2.75, 3.05) is 10.2 Å². The first-order chi connectivity index (χ1) is 14.2. The van der Waals surface area contributed by atoms with Gasteiger partial charge in [0.2, 0.25) is 11.9 Å². The number of hydrogen-bond acceptors (Lipinski definition) is 6. The Morgan fingerprint density at radius 1 is 1.24 bits per heavy atom. The van der Waals surface area contributed by atoms with E-state index in [-0.39, 0.29) is 11.9 Å². The highest BCUT2D eigenvalue weighted by Gasteiger charge is 2.39. The molecule has 1 atom stereocenters. The maximum atomic E-state index is 12.8. The first-order valence-corrected chi connectivity index (χ1v) is 10.2. The van der Waals surface area contributed by atoms with Gasteiger partial charge in [-0.05, 0) is 26.2 Å². The molecule has 1 aliphatic heterocycles. The van der Waals surface area contributed by atoms with Crippen molar-refractivity contribution in [2.24, 2.45) is 0 Å². The van der Waals surface area contributed by atoms with Gasteiger partial charge in [-0.2, -0.15) is 10.1 Å². The number of nitrogens with zero attached hydrogens (tertiary/aromatic N) is 6. The number of anilines is 2. The highest BCUT2D eigenvalue weighted by Crippen LogP contribution is 2.39. The number of carbonyl (C=O) groups excluding carboxylic acids is 1. The molecule has 0 radical (unpaired) electrons. The SMILES string of the molecule is CC[C@@H]1C(=O)Nc2c(C)nc(-n3ccnc3-c3cn[nH]c3)nc2N1C1CCCC1. The Bertz CT molecular complexity index is 1030. The number of imidazole rings is 1. The molecule has 5 rings (SSSR count). The molecule has 1 fully saturated rings. The van der Waals surface area contributed by atoms with Crippen molar-refractivity contribution in [2.45, 2.75) is 58.0 Å². The van der Waals surface area contributed by atoms with E-state index in [1.54, 1.807) is 18.6 Å². The largest absolute Gasteiger partial charge is 0.340 e. The van der Waals surface area contributed by atoms with Gasteiger partial charge in [0.05, 0.1) is 17.5 Å². The van der Waals surface area contributed by atoms with Gasteiger partial charge in [0.15, 0.2) is 5.82 Å². The molecule has 1 amide bonds. The van der Waals surface area contributed by atoms with Crippen molar-refractivity contribution in [3.05, 3.63) is 30.5 Å². The molecule has 0 unspecified atom stereocenters. The lowest BCUT2D eigenvalue weighted by molar-refractivity contribution is -0.117. The van der Waals surface area contributed by atoms with Gasteiger partial charge in [0.25, 0.3) is 0 Å². The van der Waals surface area contributed by atoms with Crippen molar-refractivity contribution in [1.29, 1.82) is 0 Å². The van der Waals surface area contributed by atoms with E-state index < -0.39 is 0 Å². The van der Waals surface area contributed by atoms with Gasteiger partial charge in [-0.3, -0.25) is 14.5 Å². The molecule has 2 aliphatic rings. The van der Waals surface area contributed by atoms with Crippen LogP contribution in [0.5, 0.6) is 0 Å². The molecular formula is C20H24N8O. The predicted molar refractivity (Wildman–Crippen MR) is 109 cm³/mol. The highest BCUT2D eigenvalue weighted by atomic mass is 16.2. The summed E-state index contributed by atoms with van der Waals surface area (Å²) >= 11 is 0. The smallest absolute Gasteiger partial charge is 0.247 e. The maximum absolute atomic E-state index is 12.8. The Hall–Kier alpha value is -3.23. The summed E-state index contributed by atoms with van der Waals surface area (Å²) in [5.74, 6) is 2.12. The molecule has 9 heteroatoms. The zero-order chi connectivity index (χ0) is 20.0. The summed E-state index contributed by atoms with van der Waals surface area (Å²) in [4.78, 5) is 29.1. The van der Waals surface area contributed by atoms with Crippen molar-refractivity contribution in [3.8, 4) is 17.3 Å². The van der Waals surface area contributed by atoms with Crippen LogP contribution in [0.25, 0.3) is 17.3 Å². The minimum absolute atomic E-state index is 0.0352. The molecular weight excluding hydrogens is 368 g/mol. The molecule has 0 aromatic carbocycles. The average molecular weight is 392 g/mol. The van der Waals surface area contributed by atoms with Crippen LogP contribution in [-0.4, -0.2) is 47.7 Å². The van der Waals surface area contributed by atoms with Gasteiger partial charge in [-0.1, -0.05) is 19.8 Å². The van der Waals surface area contributed by atoms with E-state index in [0.717, 1.165) is 47.8 Å². The minimum atomic E-state index is -0.205. The van der Waals surface area contributed by atoms with Crippen LogP contribution in [-0.2, 0) is 4.79 Å². The number of fused-ring (bicyclic) bond motifs is 1. The minimum Gasteiger partial charge on any atom is -0.340 e. The number of aryl methyl sites for hydroxylation is 1. The second kappa shape index (κ2) is 6.98. The number of aromatic nitrogens is 6.